The number of furan rings is 1. The molecule has 1 N–H and O–H groups in total. The van der Waals surface area contributed by atoms with Crippen LogP contribution in [-0.4, -0.2) is 12.5 Å². The molecule has 2 aromatic carbocycles. The molecule has 1 aromatic heterocycles. The van der Waals surface area contributed by atoms with Crippen molar-refractivity contribution in [2.75, 3.05) is 6.61 Å². The molecule has 0 aliphatic heterocycles. The number of amides is 1. The van der Waals surface area contributed by atoms with Gasteiger partial charge in [0.1, 0.15) is 11.3 Å². The van der Waals surface area contributed by atoms with Gasteiger partial charge in [-0.2, -0.15) is 0 Å². The van der Waals surface area contributed by atoms with Gasteiger partial charge in [-0.3, -0.25) is 4.79 Å². The largest absolute Gasteiger partial charge is 0.493 e. The molecule has 0 aliphatic carbocycles. The molecule has 4 nitrogen and oxygen atoms in total. The summed E-state index contributed by atoms with van der Waals surface area (Å²) in [6.45, 7) is 8.96. The lowest BCUT2D eigenvalue weighted by molar-refractivity contribution is -0.116. The second kappa shape index (κ2) is 8.12. The van der Waals surface area contributed by atoms with Crippen LogP contribution in [0, 0.1) is 13.8 Å². The minimum Gasteiger partial charge on any atom is -0.493 e. The van der Waals surface area contributed by atoms with Gasteiger partial charge in [-0.1, -0.05) is 29.8 Å². The van der Waals surface area contributed by atoms with Gasteiger partial charge in [-0.15, -0.1) is 0 Å². The number of fused-ring (bicyclic) bond motifs is 1. The van der Waals surface area contributed by atoms with Gasteiger partial charge in [0.25, 0.3) is 0 Å². The van der Waals surface area contributed by atoms with Crippen molar-refractivity contribution in [2.45, 2.75) is 34.2 Å². The van der Waals surface area contributed by atoms with Gasteiger partial charge in [-0.25, -0.2) is 0 Å². The number of hydrogen-bond acceptors (Lipinski definition) is 3. The zero-order chi connectivity index (χ0) is 19.4. The Labute approximate surface area is 159 Å². The van der Waals surface area contributed by atoms with Crippen LogP contribution in [0.1, 0.15) is 36.1 Å². The first-order valence-corrected chi connectivity index (χ1v) is 9.14. The number of ether oxygens (including phenoxy) is 1. The Balaban J connectivity index is 1.81. The fourth-order valence-electron chi connectivity index (χ4n) is 2.99. The highest BCUT2D eigenvalue weighted by atomic mass is 16.5. The summed E-state index contributed by atoms with van der Waals surface area (Å²) in [6.07, 6.45) is 3.35. The van der Waals surface area contributed by atoms with E-state index in [1.165, 1.54) is 5.56 Å². The number of nitrogens with one attached hydrogen (secondary N) is 1. The van der Waals surface area contributed by atoms with Crippen molar-refractivity contribution >= 4 is 22.4 Å². The Morgan fingerprint density at radius 3 is 2.63 bits per heavy atom. The van der Waals surface area contributed by atoms with Gasteiger partial charge in [-0.05, 0) is 50.5 Å². The van der Waals surface area contributed by atoms with Crippen molar-refractivity contribution in [1.29, 1.82) is 0 Å². The third-order valence-corrected chi connectivity index (χ3v) is 4.53. The molecule has 4 heteroatoms. The van der Waals surface area contributed by atoms with Crippen LogP contribution in [-0.2, 0) is 11.3 Å². The van der Waals surface area contributed by atoms with Crippen LogP contribution in [0.3, 0.4) is 0 Å². The minimum absolute atomic E-state index is 0.125. The van der Waals surface area contributed by atoms with E-state index < -0.39 is 0 Å². The maximum atomic E-state index is 12.4. The first-order chi connectivity index (χ1) is 13.0. The van der Waals surface area contributed by atoms with Crippen molar-refractivity contribution in [2.24, 2.45) is 0 Å². The molecular formula is C23H25NO3. The van der Waals surface area contributed by atoms with E-state index in [4.69, 9.17) is 9.15 Å². The summed E-state index contributed by atoms with van der Waals surface area (Å²) < 4.78 is 11.3. The molecule has 27 heavy (non-hydrogen) atoms. The minimum atomic E-state index is -0.125. The van der Waals surface area contributed by atoms with E-state index in [1.807, 2.05) is 64.1 Å². The molecule has 3 rings (SSSR count). The van der Waals surface area contributed by atoms with Crippen LogP contribution >= 0.6 is 0 Å². The van der Waals surface area contributed by atoms with E-state index in [9.17, 15) is 4.79 Å². The predicted molar refractivity (Wildman–Crippen MR) is 109 cm³/mol. The van der Waals surface area contributed by atoms with Gasteiger partial charge in [0.15, 0.2) is 0 Å². The van der Waals surface area contributed by atoms with Crippen LogP contribution in [0.5, 0.6) is 5.75 Å². The lowest BCUT2D eigenvalue weighted by Crippen LogP contribution is -2.20. The molecule has 140 valence electrons. The highest BCUT2D eigenvalue weighted by Gasteiger charge is 2.12. The first-order valence-electron chi connectivity index (χ1n) is 9.14. The topological polar surface area (TPSA) is 51.5 Å². The summed E-state index contributed by atoms with van der Waals surface area (Å²) in [5.74, 6) is 0.596. The smallest absolute Gasteiger partial charge is 0.244 e. The van der Waals surface area contributed by atoms with Crippen LogP contribution in [0.15, 0.2) is 53.2 Å². The average molecular weight is 363 g/mol. The molecule has 1 amide bonds. The van der Waals surface area contributed by atoms with Gasteiger partial charge in [0.2, 0.25) is 5.91 Å². The molecule has 0 bridgehead atoms. The summed E-state index contributed by atoms with van der Waals surface area (Å²) in [6, 6.07) is 12.0. The molecule has 0 fully saturated rings. The van der Waals surface area contributed by atoms with Crippen molar-refractivity contribution < 1.29 is 13.9 Å². The number of aryl methyl sites for hydroxylation is 2. The number of carbonyl (C=O) groups is 1. The second-order valence-electron chi connectivity index (χ2n) is 6.73. The Bertz CT molecular complexity index is 981. The van der Waals surface area contributed by atoms with E-state index in [0.717, 1.165) is 39.0 Å². The SMILES string of the molecule is CCOc1cc2occ(C)c2cc1/C(C)=C/C(=O)NCc1ccc(C)cc1. The highest BCUT2D eigenvalue weighted by Crippen LogP contribution is 2.33. The number of carbonyl (C=O) groups excluding carboxylic acids is 1. The van der Waals surface area contributed by atoms with Crippen LogP contribution in [0.2, 0.25) is 0 Å². The molecule has 0 spiro atoms. The molecule has 0 radical (unpaired) electrons. The molecule has 0 unspecified atom stereocenters. The average Bonchev–Trinajstić information content (AvgIpc) is 3.01. The van der Waals surface area contributed by atoms with Crippen molar-refractivity contribution in [3.8, 4) is 5.75 Å². The molecule has 0 saturated heterocycles. The second-order valence-corrected chi connectivity index (χ2v) is 6.73. The molecule has 0 saturated carbocycles. The molecule has 0 aliphatic rings. The predicted octanol–water partition coefficient (Wildman–Crippen LogP) is 5.17. The number of allylic oxidation sites excluding steroid dienone is 1. The zero-order valence-corrected chi connectivity index (χ0v) is 16.3. The summed E-state index contributed by atoms with van der Waals surface area (Å²) in [5, 5.41) is 3.97. The summed E-state index contributed by atoms with van der Waals surface area (Å²) in [4.78, 5) is 12.4. The summed E-state index contributed by atoms with van der Waals surface area (Å²) >= 11 is 0. The first kappa shape index (κ1) is 18.8. The monoisotopic (exact) mass is 363 g/mol. The van der Waals surface area contributed by atoms with E-state index in [1.54, 1.807) is 12.3 Å². The lowest BCUT2D eigenvalue weighted by atomic mass is 10.0. The van der Waals surface area contributed by atoms with Gasteiger partial charge in [0, 0.05) is 29.6 Å². The van der Waals surface area contributed by atoms with Crippen LogP contribution in [0.25, 0.3) is 16.5 Å². The lowest BCUT2D eigenvalue weighted by Gasteiger charge is -2.11. The number of benzene rings is 2. The Morgan fingerprint density at radius 1 is 1.19 bits per heavy atom. The van der Waals surface area contributed by atoms with E-state index in [2.05, 4.69) is 5.32 Å². The summed E-state index contributed by atoms with van der Waals surface area (Å²) in [7, 11) is 0. The Kier molecular flexibility index (Phi) is 5.65. The Morgan fingerprint density at radius 2 is 1.93 bits per heavy atom. The van der Waals surface area contributed by atoms with Gasteiger partial charge >= 0.3 is 0 Å². The van der Waals surface area contributed by atoms with Crippen LogP contribution in [0.4, 0.5) is 0 Å². The fraction of sp³-hybridized carbons (Fsp3) is 0.261. The maximum Gasteiger partial charge on any atom is 0.244 e. The number of rotatable bonds is 6. The van der Waals surface area contributed by atoms with Gasteiger partial charge < -0.3 is 14.5 Å². The maximum absolute atomic E-state index is 12.4. The Hall–Kier alpha value is -3.01. The number of hydrogen-bond donors (Lipinski definition) is 1. The van der Waals surface area contributed by atoms with Crippen molar-refractivity contribution in [1.82, 2.24) is 5.32 Å². The zero-order valence-electron chi connectivity index (χ0n) is 16.3. The van der Waals surface area contributed by atoms with Crippen LogP contribution < -0.4 is 10.1 Å². The van der Waals surface area contributed by atoms with Crippen molar-refractivity contribution in [3.05, 3.63) is 71.0 Å². The standard InChI is InChI=1S/C23H25NO3/c1-5-26-21-12-22-20(17(4)14-27-22)11-19(21)16(3)10-23(25)24-13-18-8-6-15(2)7-9-18/h6-12,14H,5,13H2,1-4H3,(H,24,25)/b16-10+. The van der Waals surface area contributed by atoms with E-state index in [0.29, 0.717) is 13.2 Å². The quantitative estimate of drug-likeness (QED) is 0.615. The molecule has 1 heterocycles. The highest BCUT2D eigenvalue weighted by molar-refractivity contribution is 5.97. The fourth-order valence-corrected chi connectivity index (χ4v) is 2.99. The molecular weight excluding hydrogens is 338 g/mol. The molecule has 0 atom stereocenters. The summed E-state index contributed by atoms with van der Waals surface area (Å²) in [5.41, 5.74) is 5.88. The molecule has 3 aromatic rings. The van der Waals surface area contributed by atoms with E-state index in [-0.39, 0.29) is 5.91 Å². The van der Waals surface area contributed by atoms with Gasteiger partial charge in [0.05, 0.1) is 12.9 Å². The van der Waals surface area contributed by atoms with Crippen molar-refractivity contribution in [3.63, 3.8) is 0 Å². The third kappa shape index (κ3) is 4.40. The van der Waals surface area contributed by atoms with E-state index >= 15 is 0 Å². The third-order valence-electron chi connectivity index (χ3n) is 4.53. The normalized spacial score (nSPS) is 11.6.